The van der Waals surface area contributed by atoms with E-state index in [-0.39, 0.29) is 10.4 Å². The van der Waals surface area contributed by atoms with Crippen LogP contribution >= 0.6 is 22.9 Å². The Hall–Kier alpha value is -1.26. The molecule has 5 heteroatoms. The Labute approximate surface area is 121 Å². The molecule has 2 nitrogen and oxygen atoms in total. The number of nitrogens with two attached hydrogens (primary N) is 1. The number of thiophene rings is 1. The van der Waals surface area contributed by atoms with Gasteiger partial charge >= 0.3 is 0 Å². The van der Waals surface area contributed by atoms with Crippen molar-refractivity contribution in [2.24, 2.45) is 0 Å². The van der Waals surface area contributed by atoms with Crippen molar-refractivity contribution in [2.75, 3.05) is 17.6 Å². The maximum Gasteiger partial charge on any atom is 0.143 e. The van der Waals surface area contributed by atoms with Crippen LogP contribution in [0.5, 0.6) is 0 Å². The van der Waals surface area contributed by atoms with Gasteiger partial charge in [-0.05, 0) is 17.5 Å². The van der Waals surface area contributed by atoms with Crippen LogP contribution in [0.2, 0.25) is 5.02 Å². The molecule has 19 heavy (non-hydrogen) atoms. The van der Waals surface area contributed by atoms with Gasteiger partial charge in [-0.2, -0.15) is 0 Å². The first-order valence-electron chi connectivity index (χ1n) is 5.92. The number of benzene rings is 1. The van der Waals surface area contributed by atoms with Gasteiger partial charge in [-0.15, -0.1) is 11.3 Å². The van der Waals surface area contributed by atoms with Gasteiger partial charge < -0.3 is 11.1 Å². The summed E-state index contributed by atoms with van der Waals surface area (Å²) in [6.45, 7) is 4.93. The lowest BCUT2D eigenvalue weighted by molar-refractivity contribution is 0.568. The molecular weight excluding hydrogens is 283 g/mol. The second kappa shape index (κ2) is 5.39. The summed E-state index contributed by atoms with van der Waals surface area (Å²) in [6.07, 6.45) is 0. The highest BCUT2D eigenvalue weighted by molar-refractivity contribution is 7.10. The summed E-state index contributed by atoms with van der Waals surface area (Å²) < 4.78 is 13.4. The van der Waals surface area contributed by atoms with Gasteiger partial charge in [0.1, 0.15) is 5.82 Å². The summed E-state index contributed by atoms with van der Waals surface area (Å²) in [5, 5.41) is 5.28. The van der Waals surface area contributed by atoms with E-state index in [0.717, 1.165) is 0 Å². The van der Waals surface area contributed by atoms with Crippen molar-refractivity contribution < 1.29 is 4.39 Å². The predicted octanol–water partition coefficient (Wildman–Crippen LogP) is 4.51. The Morgan fingerprint density at radius 2 is 2.16 bits per heavy atom. The number of nitrogen functional groups attached to an aromatic ring is 1. The van der Waals surface area contributed by atoms with Crippen molar-refractivity contribution in [1.29, 1.82) is 0 Å². The number of halogens is 2. The van der Waals surface area contributed by atoms with E-state index in [1.807, 2.05) is 11.4 Å². The third-order valence-corrected chi connectivity index (χ3v) is 4.53. The first-order valence-corrected chi connectivity index (χ1v) is 7.18. The maximum absolute atomic E-state index is 13.4. The summed E-state index contributed by atoms with van der Waals surface area (Å²) in [5.74, 6) is -0.465. The number of anilines is 2. The van der Waals surface area contributed by atoms with Crippen molar-refractivity contribution in [3.05, 3.63) is 45.4 Å². The van der Waals surface area contributed by atoms with Gasteiger partial charge in [0.25, 0.3) is 0 Å². The van der Waals surface area contributed by atoms with Crippen LogP contribution in [0.4, 0.5) is 15.8 Å². The van der Waals surface area contributed by atoms with Crippen molar-refractivity contribution in [3.63, 3.8) is 0 Å². The van der Waals surface area contributed by atoms with E-state index < -0.39 is 5.82 Å². The minimum absolute atomic E-state index is 0.0422. The van der Waals surface area contributed by atoms with Gasteiger partial charge in [-0.1, -0.05) is 31.5 Å². The molecule has 1 heterocycles. The number of hydrogen-bond donors (Lipinski definition) is 2. The summed E-state index contributed by atoms with van der Waals surface area (Å²) >= 11 is 7.38. The molecule has 0 bridgehead atoms. The molecule has 2 aromatic rings. The lowest BCUT2D eigenvalue weighted by atomic mass is 9.91. The summed E-state index contributed by atoms with van der Waals surface area (Å²) in [5.41, 5.74) is 6.81. The largest absolute Gasteiger partial charge is 0.397 e. The van der Waals surface area contributed by atoms with E-state index in [0.29, 0.717) is 17.9 Å². The predicted molar refractivity (Wildman–Crippen MR) is 81.7 cm³/mol. The molecule has 0 aliphatic rings. The Morgan fingerprint density at radius 1 is 1.42 bits per heavy atom. The first-order chi connectivity index (χ1) is 8.90. The molecule has 0 unspecified atom stereocenters. The van der Waals surface area contributed by atoms with Crippen LogP contribution in [0.3, 0.4) is 0 Å². The fourth-order valence-electron chi connectivity index (χ4n) is 1.78. The Morgan fingerprint density at radius 3 is 2.79 bits per heavy atom. The third kappa shape index (κ3) is 3.19. The molecule has 0 saturated carbocycles. The Kier molecular flexibility index (Phi) is 4.02. The van der Waals surface area contributed by atoms with Crippen molar-refractivity contribution in [3.8, 4) is 0 Å². The van der Waals surface area contributed by atoms with Crippen LogP contribution in [0.1, 0.15) is 18.7 Å². The molecule has 0 spiro atoms. The topological polar surface area (TPSA) is 38.0 Å². The molecule has 0 aliphatic carbocycles. The zero-order chi connectivity index (χ0) is 14.0. The van der Waals surface area contributed by atoms with Crippen LogP contribution in [-0.4, -0.2) is 6.54 Å². The molecule has 102 valence electrons. The summed E-state index contributed by atoms with van der Waals surface area (Å²) in [6, 6.07) is 6.88. The lowest BCUT2D eigenvalue weighted by Gasteiger charge is -2.25. The van der Waals surface area contributed by atoms with Crippen molar-refractivity contribution in [1.82, 2.24) is 0 Å². The summed E-state index contributed by atoms with van der Waals surface area (Å²) in [4.78, 5) is 1.27. The van der Waals surface area contributed by atoms with E-state index in [4.69, 9.17) is 17.3 Å². The summed E-state index contributed by atoms with van der Waals surface area (Å²) in [7, 11) is 0. The SMILES string of the molecule is CC(C)(CNc1cc(F)c(Cl)cc1N)c1cccs1. The van der Waals surface area contributed by atoms with E-state index in [2.05, 4.69) is 25.2 Å². The molecule has 0 aliphatic heterocycles. The molecule has 0 radical (unpaired) electrons. The quantitative estimate of drug-likeness (QED) is 0.815. The number of nitrogens with one attached hydrogen (secondary N) is 1. The third-order valence-electron chi connectivity index (χ3n) is 3.00. The molecule has 3 N–H and O–H groups in total. The van der Waals surface area contributed by atoms with Crippen molar-refractivity contribution >= 4 is 34.3 Å². The van der Waals surface area contributed by atoms with Gasteiger partial charge in [0.05, 0.1) is 16.4 Å². The van der Waals surface area contributed by atoms with Crippen LogP contribution in [0.25, 0.3) is 0 Å². The van der Waals surface area contributed by atoms with Crippen LogP contribution < -0.4 is 11.1 Å². The van der Waals surface area contributed by atoms with Crippen molar-refractivity contribution in [2.45, 2.75) is 19.3 Å². The molecular formula is C14H16ClFN2S. The zero-order valence-corrected chi connectivity index (χ0v) is 12.4. The molecule has 0 atom stereocenters. The molecule has 0 saturated heterocycles. The minimum Gasteiger partial charge on any atom is -0.397 e. The Bertz CT molecular complexity index is 567. The fraction of sp³-hybridized carbons (Fsp3) is 0.286. The molecule has 0 fully saturated rings. The van der Waals surface area contributed by atoms with E-state index in [1.54, 1.807) is 11.3 Å². The first kappa shape index (κ1) is 14.2. The second-order valence-corrected chi connectivity index (χ2v) is 6.42. The zero-order valence-electron chi connectivity index (χ0n) is 10.8. The highest BCUT2D eigenvalue weighted by atomic mass is 35.5. The van der Waals surface area contributed by atoms with Crippen LogP contribution in [0, 0.1) is 5.82 Å². The monoisotopic (exact) mass is 298 g/mol. The lowest BCUT2D eigenvalue weighted by Crippen LogP contribution is -2.26. The highest BCUT2D eigenvalue weighted by Crippen LogP contribution is 2.30. The average molecular weight is 299 g/mol. The maximum atomic E-state index is 13.4. The van der Waals surface area contributed by atoms with E-state index >= 15 is 0 Å². The molecule has 0 amide bonds. The smallest absolute Gasteiger partial charge is 0.143 e. The van der Waals surface area contributed by atoms with Gasteiger partial charge in [-0.3, -0.25) is 0 Å². The number of hydrogen-bond acceptors (Lipinski definition) is 3. The Balaban J connectivity index is 2.13. The minimum atomic E-state index is -0.465. The van der Waals surface area contributed by atoms with E-state index in [1.165, 1.54) is 17.0 Å². The molecule has 2 rings (SSSR count). The second-order valence-electron chi connectivity index (χ2n) is 5.07. The van der Waals surface area contributed by atoms with Gasteiger partial charge in [0.2, 0.25) is 0 Å². The fourth-order valence-corrected chi connectivity index (χ4v) is 2.81. The standard InChI is InChI=1S/C14H16ClFN2S/c1-14(2,13-4-3-5-19-13)8-18-12-7-10(16)9(15)6-11(12)17/h3-7,18H,8,17H2,1-2H3. The van der Waals surface area contributed by atoms with Crippen LogP contribution in [0.15, 0.2) is 29.6 Å². The van der Waals surface area contributed by atoms with E-state index in [9.17, 15) is 4.39 Å². The molecule has 1 aromatic carbocycles. The molecule has 1 aromatic heterocycles. The van der Waals surface area contributed by atoms with Gasteiger partial charge in [0, 0.05) is 22.9 Å². The number of rotatable bonds is 4. The van der Waals surface area contributed by atoms with Crippen LogP contribution in [-0.2, 0) is 5.41 Å². The normalized spacial score (nSPS) is 11.6. The highest BCUT2D eigenvalue weighted by Gasteiger charge is 2.21. The average Bonchev–Trinajstić information content (AvgIpc) is 2.86. The van der Waals surface area contributed by atoms with Gasteiger partial charge in [-0.25, -0.2) is 4.39 Å². The van der Waals surface area contributed by atoms with Gasteiger partial charge in [0.15, 0.2) is 0 Å².